The van der Waals surface area contributed by atoms with E-state index in [4.69, 9.17) is 0 Å². The maximum atomic E-state index is 4.37. The van der Waals surface area contributed by atoms with Gasteiger partial charge in [-0.25, -0.2) is 0 Å². The SMILES string of the molecule is CC(N[C@H](C)c1ccccn1)C1(C)CC1. The van der Waals surface area contributed by atoms with E-state index in [1.807, 2.05) is 18.3 Å². The van der Waals surface area contributed by atoms with Crippen LogP contribution in [0.15, 0.2) is 24.4 Å². The molecule has 1 N–H and O–H groups in total. The molecule has 0 spiro atoms. The number of aromatic nitrogens is 1. The molecule has 0 saturated heterocycles. The fourth-order valence-corrected chi connectivity index (χ4v) is 1.92. The molecule has 1 aromatic heterocycles. The van der Waals surface area contributed by atoms with Crippen molar-refractivity contribution in [3.63, 3.8) is 0 Å². The van der Waals surface area contributed by atoms with E-state index in [2.05, 4.69) is 37.1 Å². The van der Waals surface area contributed by atoms with Crippen LogP contribution in [-0.2, 0) is 0 Å². The smallest absolute Gasteiger partial charge is 0.0570 e. The molecule has 1 fully saturated rings. The van der Waals surface area contributed by atoms with Gasteiger partial charge in [-0.1, -0.05) is 13.0 Å². The third kappa shape index (κ3) is 2.37. The first-order valence-corrected chi connectivity index (χ1v) is 5.79. The quantitative estimate of drug-likeness (QED) is 0.815. The van der Waals surface area contributed by atoms with E-state index < -0.39 is 0 Å². The molecular weight excluding hydrogens is 184 g/mol. The molecule has 2 atom stereocenters. The molecule has 1 aromatic rings. The maximum Gasteiger partial charge on any atom is 0.0570 e. The molecule has 1 aliphatic rings. The highest BCUT2D eigenvalue weighted by atomic mass is 15.0. The van der Waals surface area contributed by atoms with Crippen LogP contribution < -0.4 is 5.32 Å². The molecular formula is C13H20N2. The molecule has 0 aliphatic heterocycles. The summed E-state index contributed by atoms with van der Waals surface area (Å²) in [5.41, 5.74) is 1.66. The van der Waals surface area contributed by atoms with Gasteiger partial charge < -0.3 is 5.32 Å². The molecule has 2 heteroatoms. The highest BCUT2D eigenvalue weighted by molar-refractivity contribution is 5.09. The van der Waals surface area contributed by atoms with Crippen LogP contribution in [0.1, 0.15) is 45.3 Å². The van der Waals surface area contributed by atoms with Gasteiger partial charge in [0.15, 0.2) is 0 Å². The van der Waals surface area contributed by atoms with E-state index >= 15 is 0 Å². The first-order valence-electron chi connectivity index (χ1n) is 5.79. The number of hydrogen-bond acceptors (Lipinski definition) is 2. The average Bonchev–Trinajstić information content (AvgIpc) is 2.99. The lowest BCUT2D eigenvalue weighted by molar-refractivity contribution is 0.347. The Labute approximate surface area is 92.1 Å². The Morgan fingerprint density at radius 2 is 2.07 bits per heavy atom. The van der Waals surface area contributed by atoms with Gasteiger partial charge in [-0.3, -0.25) is 4.98 Å². The molecule has 0 radical (unpaired) electrons. The highest BCUT2D eigenvalue weighted by Crippen LogP contribution is 2.48. The van der Waals surface area contributed by atoms with E-state index in [0.29, 0.717) is 17.5 Å². The molecule has 0 bridgehead atoms. The Hall–Kier alpha value is -0.890. The highest BCUT2D eigenvalue weighted by Gasteiger charge is 2.42. The molecule has 15 heavy (non-hydrogen) atoms. The van der Waals surface area contributed by atoms with Crippen molar-refractivity contribution in [1.82, 2.24) is 10.3 Å². The second-order valence-corrected chi connectivity index (χ2v) is 5.02. The van der Waals surface area contributed by atoms with Crippen molar-refractivity contribution in [3.05, 3.63) is 30.1 Å². The third-order valence-corrected chi connectivity index (χ3v) is 3.72. The van der Waals surface area contributed by atoms with Crippen LogP contribution in [0.2, 0.25) is 0 Å². The first kappa shape index (κ1) is 10.6. The van der Waals surface area contributed by atoms with E-state index in [-0.39, 0.29) is 0 Å². The van der Waals surface area contributed by atoms with Crippen molar-refractivity contribution < 1.29 is 0 Å². The van der Waals surface area contributed by atoms with Gasteiger partial charge in [-0.2, -0.15) is 0 Å². The molecule has 0 aromatic carbocycles. The van der Waals surface area contributed by atoms with Gasteiger partial charge in [0.05, 0.1) is 5.69 Å². The minimum atomic E-state index is 0.346. The molecule has 1 aliphatic carbocycles. The largest absolute Gasteiger partial charge is 0.306 e. The van der Waals surface area contributed by atoms with Gasteiger partial charge in [-0.05, 0) is 44.2 Å². The Kier molecular flexibility index (Phi) is 2.79. The summed E-state index contributed by atoms with van der Waals surface area (Å²) in [6, 6.07) is 7.01. The van der Waals surface area contributed by atoms with Crippen molar-refractivity contribution >= 4 is 0 Å². The lowest BCUT2D eigenvalue weighted by Crippen LogP contribution is -2.35. The lowest BCUT2D eigenvalue weighted by atomic mass is 9.99. The van der Waals surface area contributed by atoms with Gasteiger partial charge in [0, 0.05) is 18.3 Å². The van der Waals surface area contributed by atoms with Crippen LogP contribution in [0.4, 0.5) is 0 Å². The van der Waals surface area contributed by atoms with E-state index in [1.54, 1.807) is 0 Å². The molecule has 2 nitrogen and oxygen atoms in total. The maximum absolute atomic E-state index is 4.37. The summed E-state index contributed by atoms with van der Waals surface area (Å²) in [4.78, 5) is 4.37. The summed E-state index contributed by atoms with van der Waals surface area (Å²) in [5, 5.41) is 3.64. The monoisotopic (exact) mass is 204 g/mol. The molecule has 1 unspecified atom stereocenters. The second kappa shape index (κ2) is 3.93. The summed E-state index contributed by atoms with van der Waals surface area (Å²) in [5.74, 6) is 0. The third-order valence-electron chi connectivity index (χ3n) is 3.72. The van der Waals surface area contributed by atoms with Crippen LogP contribution in [0.3, 0.4) is 0 Å². The van der Waals surface area contributed by atoms with Crippen LogP contribution in [-0.4, -0.2) is 11.0 Å². The summed E-state index contributed by atoms with van der Waals surface area (Å²) in [6.45, 7) is 6.83. The number of pyridine rings is 1. The zero-order valence-electron chi connectivity index (χ0n) is 9.83. The summed E-state index contributed by atoms with van der Waals surface area (Å²) >= 11 is 0. The van der Waals surface area contributed by atoms with Crippen LogP contribution in [0, 0.1) is 5.41 Å². The van der Waals surface area contributed by atoms with E-state index in [9.17, 15) is 0 Å². The minimum Gasteiger partial charge on any atom is -0.306 e. The predicted molar refractivity (Wildman–Crippen MR) is 62.6 cm³/mol. The summed E-state index contributed by atoms with van der Waals surface area (Å²) in [7, 11) is 0. The van der Waals surface area contributed by atoms with Crippen molar-refractivity contribution in [3.8, 4) is 0 Å². The fraction of sp³-hybridized carbons (Fsp3) is 0.615. The number of hydrogen-bond donors (Lipinski definition) is 1. The Bertz CT molecular complexity index is 317. The van der Waals surface area contributed by atoms with Gasteiger partial charge in [0.2, 0.25) is 0 Å². The molecule has 2 rings (SSSR count). The van der Waals surface area contributed by atoms with Crippen LogP contribution >= 0.6 is 0 Å². The van der Waals surface area contributed by atoms with E-state index in [1.165, 1.54) is 12.8 Å². The normalized spacial score (nSPS) is 22.1. The van der Waals surface area contributed by atoms with Gasteiger partial charge in [0.25, 0.3) is 0 Å². The Balaban J connectivity index is 1.95. The van der Waals surface area contributed by atoms with Crippen molar-refractivity contribution in [1.29, 1.82) is 0 Å². The number of nitrogens with one attached hydrogen (secondary N) is 1. The van der Waals surface area contributed by atoms with Gasteiger partial charge >= 0.3 is 0 Å². The standard InChI is InChI=1S/C13H20N2/c1-10(12-6-4-5-9-14-12)15-11(2)13(3)7-8-13/h4-6,9-11,15H,7-8H2,1-3H3/t10-,11?/m1/s1. The van der Waals surface area contributed by atoms with Crippen molar-refractivity contribution in [2.24, 2.45) is 5.41 Å². The number of nitrogens with zero attached hydrogens (tertiary/aromatic N) is 1. The number of rotatable bonds is 4. The topological polar surface area (TPSA) is 24.9 Å². The van der Waals surface area contributed by atoms with Gasteiger partial charge in [-0.15, -0.1) is 0 Å². The van der Waals surface area contributed by atoms with Crippen molar-refractivity contribution in [2.75, 3.05) is 0 Å². The molecule has 1 saturated carbocycles. The van der Waals surface area contributed by atoms with Gasteiger partial charge in [0.1, 0.15) is 0 Å². The second-order valence-electron chi connectivity index (χ2n) is 5.02. The molecule has 1 heterocycles. The minimum absolute atomic E-state index is 0.346. The summed E-state index contributed by atoms with van der Waals surface area (Å²) < 4.78 is 0. The van der Waals surface area contributed by atoms with E-state index in [0.717, 1.165) is 5.69 Å². The van der Waals surface area contributed by atoms with Crippen LogP contribution in [0.25, 0.3) is 0 Å². The molecule has 82 valence electrons. The zero-order valence-corrected chi connectivity index (χ0v) is 9.83. The van der Waals surface area contributed by atoms with Crippen LogP contribution in [0.5, 0.6) is 0 Å². The Morgan fingerprint density at radius 3 is 2.60 bits per heavy atom. The predicted octanol–water partition coefficient (Wildman–Crippen LogP) is 2.92. The Morgan fingerprint density at radius 1 is 1.33 bits per heavy atom. The average molecular weight is 204 g/mol. The first-order chi connectivity index (χ1) is 7.12. The summed E-state index contributed by atoms with van der Waals surface area (Å²) in [6.07, 6.45) is 4.57. The zero-order chi connectivity index (χ0) is 10.9. The fourth-order valence-electron chi connectivity index (χ4n) is 1.92. The van der Waals surface area contributed by atoms with Crippen molar-refractivity contribution in [2.45, 2.75) is 45.7 Å². The molecule has 0 amide bonds. The lowest BCUT2D eigenvalue weighted by Gasteiger charge is -2.24.